The van der Waals surface area contributed by atoms with Crippen LogP contribution in [0.4, 0.5) is 5.82 Å². The molecule has 0 bridgehead atoms. The summed E-state index contributed by atoms with van der Waals surface area (Å²) in [5.41, 5.74) is 4.73. The van der Waals surface area contributed by atoms with E-state index >= 15 is 0 Å². The average molecular weight is 289 g/mol. The van der Waals surface area contributed by atoms with E-state index in [2.05, 4.69) is 4.98 Å². The molecule has 0 saturated carbocycles. The van der Waals surface area contributed by atoms with Gasteiger partial charge in [-0.15, -0.1) is 0 Å². The Morgan fingerprint density at radius 1 is 1.58 bits per heavy atom. The third-order valence-electron chi connectivity index (χ3n) is 2.95. The molecular weight excluding hydrogens is 278 g/mol. The van der Waals surface area contributed by atoms with Crippen LogP contribution in [0.1, 0.15) is 6.23 Å². The molecule has 1 aromatic rings. The van der Waals surface area contributed by atoms with Gasteiger partial charge >= 0.3 is 17.1 Å². The fourth-order valence-corrected chi connectivity index (χ4v) is 2.78. The number of aliphatic hydroxyl groups is 1. The molecule has 104 valence electrons. The van der Waals surface area contributed by atoms with Crippen molar-refractivity contribution in [2.24, 2.45) is 0 Å². The molecule has 0 aromatic carbocycles. The van der Waals surface area contributed by atoms with Crippen LogP contribution in [0.5, 0.6) is 0 Å². The summed E-state index contributed by atoms with van der Waals surface area (Å²) in [6.07, 6.45) is -2.17. The van der Waals surface area contributed by atoms with Crippen molar-refractivity contribution in [3.05, 3.63) is 22.7 Å². The molecule has 0 spiro atoms. The number of nitrogens with two attached hydrogens (primary N) is 1. The molecule has 0 aliphatic carbocycles. The summed E-state index contributed by atoms with van der Waals surface area (Å²) in [5.74, 6) is 0.0758. The lowest BCUT2D eigenvalue weighted by atomic mass is 10.1. The van der Waals surface area contributed by atoms with E-state index in [1.807, 2.05) is 0 Å². The van der Waals surface area contributed by atoms with Crippen LogP contribution in [0.15, 0.2) is 17.1 Å². The molecule has 1 unspecified atom stereocenters. The Bertz CT molecular complexity index is 577. The Balaban J connectivity index is 1.90. The fourth-order valence-electron chi connectivity index (χ4n) is 2.06. The van der Waals surface area contributed by atoms with Gasteiger partial charge in [0.1, 0.15) is 24.1 Å². The molecule has 19 heavy (non-hydrogen) atoms. The first-order valence-electron chi connectivity index (χ1n) is 5.46. The van der Waals surface area contributed by atoms with Crippen LogP contribution in [0, 0.1) is 0 Å². The van der Waals surface area contributed by atoms with Crippen molar-refractivity contribution in [1.82, 2.24) is 9.55 Å². The third kappa shape index (κ3) is 2.17. The minimum Gasteiger partial charge on any atom is -0.386 e. The van der Waals surface area contributed by atoms with E-state index in [-0.39, 0.29) is 12.4 Å². The number of nitrogen functional groups attached to an aromatic ring is 1. The Hall–Kier alpha value is -1.33. The molecule has 5 atom stereocenters. The SMILES string of the molecule is Nc1ccn([C@@H]2O[C@@H]3COS(=O)O[C@@H]3[C@H]2O)c(=O)n1. The highest BCUT2D eigenvalue weighted by atomic mass is 32.2. The topological polar surface area (TPSA) is 126 Å². The molecule has 3 rings (SSSR count). The van der Waals surface area contributed by atoms with Crippen LogP contribution in [-0.2, 0) is 24.5 Å². The Morgan fingerprint density at radius 2 is 2.37 bits per heavy atom. The molecule has 10 heteroatoms. The number of hydrogen-bond donors (Lipinski definition) is 2. The van der Waals surface area contributed by atoms with Crippen molar-refractivity contribution in [2.75, 3.05) is 12.3 Å². The molecular formula is C9H11N3O6S. The summed E-state index contributed by atoms with van der Waals surface area (Å²) in [5, 5.41) is 10.1. The molecule has 2 fully saturated rings. The van der Waals surface area contributed by atoms with Gasteiger partial charge in [0.25, 0.3) is 0 Å². The number of fused-ring (bicyclic) bond motifs is 1. The van der Waals surface area contributed by atoms with E-state index in [1.165, 1.54) is 12.3 Å². The monoisotopic (exact) mass is 289 g/mol. The van der Waals surface area contributed by atoms with E-state index in [0.29, 0.717) is 0 Å². The molecule has 2 saturated heterocycles. The predicted octanol–water partition coefficient (Wildman–Crippen LogP) is -1.92. The smallest absolute Gasteiger partial charge is 0.351 e. The maximum absolute atomic E-state index is 11.7. The van der Waals surface area contributed by atoms with Gasteiger partial charge in [-0.2, -0.15) is 9.19 Å². The number of aromatic nitrogens is 2. The predicted molar refractivity (Wildman–Crippen MR) is 61.8 cm³/mol. The van der Waals surface area contributed by atoms with Crippen LogP contribution in [0.2, 0.25) is 0 Å². The van der Waals surface area contributed by atoms with Gasteiger partial charge in [0.15, 0.2) is 6.23 Å². The van der Waals surface area contributed by atoms with Crippen molar-refractivity contribution >= 4 is 17.2 Å². The van der Waals surface area contributed by atoms with E-state index < -0.39 is 41.6 Å². The van der Waals surface area contributed by atoms with Gasteiger partial charge in [0.05, 0.1) is 6.61 Å². The Morgan fingerprint density at radius 3 is 3.11 bits per heavy atom. The number of ether oxygens (including phenoxy) is 1. The molecule has 1 aromatic heterocycles. The second-order valence-electron chi connectivity index (χ2n) is 4.15. The highest BCUT2D eigenvalue weighted by Gasteiger charge is 2.49. The lowest BCUT2D eigenvalue weighted by Crippen LogP contribution is -2.42. The van der Waals surface area contributed by atoms with Crippen LogP contribution in [0.3, 0.4) is 0 Å². The summed E-state index contributed by atoms with van der Waals surface area (Å²) >= 11 is -1.91. The van der Waals surface area contributed by atoms with Gasteiger partial charge in [-0.25, -0.2) is 4.79 Å². The van der Waals surface area contributed by atoms with Crippen molar-refractivity contribution in [2.45, 2.75) is 24.5 Å². The number of nitrogens with zero attached hydrogens (tertiary/aromatic N) is 2. The second kappa shape index (κ2) is 4.65. The van der Waals surface area contributed by atoms with Gasteiger partial charge in [0, 0.05) is 6.20 Å². The number of hydrogen-bond acceptors (Lipinski definition) is 8. The molecule has 9 nitrogen and oxygen atoms in total. The van der Waals surface area contributed by atoms with Crippen molar-refractivity contribution < 1.29 is 22.4 Å². The van der Waals surface area contributed by atoms with E-state index in [4.69, 9.17) is 18.8 Å². The van der Waals surface area contributed by atoms with Crippen LogP contribution in [-0.4, -0.2) is 43.8 Å². The van der Waals surface area contributed by atoms with Crippen LogP contribution in [0.25, 0.3) is 0 Å². The van der Waals surface area contributed by atoms with E-state index in [9.17, 15) is 14.1 Å². The van der Waals surface area contributed by atoms with Crippen LogP contribution < -0.4 is 11.4 Å². The first-order chi connectivity index (χ1) is 9.06. The molecule has 3 N–H and O–H groups in total. The standard InChI is InChI=1S/C9H11N3O6S/c10-5-1-2-12(9(14)11-5)8-6(13)7-4(17-8)3-16-19(15)18-7/h1-2,4,6-8,13H,3H2,(H2,10,11,14)/t4-,6-,7+,8-,19?/m1/s1. The number of anilines is 1. The third-order valence-corrected chi connectivity index (χ3v) is 3.66. The second-order valence-corrected chi connectivity index (χ2v) is 4.98. The minimum atomic E-state index is -1.91. The van der Waals surface area contributed by atoms with Crippen LogP contribution >= 0.6 is 0 Å². The van der Waals surface area contributed by atoms with Crippen molar-refractivity contribution in [1.29, 1.82) is 0 Å². The molecule has 2 aliphatic rings. The summed E-state index contributed by atoms with van der Waals surface area (Å²) in [7, 11) is 0. The zero-order valence-corrected chi connectivity index (χ0v) is 10.4. The Labute approximate surface area is 109 Å². The van der Waals surface area contributed by atoms with Gasteiger partial charge < -0.3 is 15.6 Å². The molecule has 0 amide bonds. The minimum absolute atomic E-state index is 0.0159. The quantitative estimate of drug-likeness (QED) is 0.612. The van der Waals surface area contributed by atoms with E-state index in [0.717, 1.165) is 4.57 Å². The van der Waals surface area contributed by atoms with Gasteiger partial charge in [-0.1, -0.05) is 0 Å². The van der Waals surface area contributed by atoms with Gasteiger partial charge in [-0.05, 0) is 6.07 Å². The summed E-state index contributed by atoms with van der Waals surface area (Å²) in [4.78, 5) is 15.2. The summed E-state index contributed by atoms with van der Waals surface area (Å²) in [6.45, 7) is 0.0159. The number of rotatable bonds is 1. The zero-order chi connectivity index (χ0) is 13.6. The lowest BCUT2D eigenvalue weighted by molar-refractivity contribution is -0.0560. The van der Waals surface area contributed by atoms with Crippen molar-refractivity contribution in [3.63, 3.8) is 0 Å². The maximum Gasteiger partial charge on any atom is 0.351 e. The maximum atomic E-state index is 11.7. The van der Waals surface area contributed by atoms with Gasteiger partial charge in [0.2, 0.25) is 0 Å². The molecule has 0 radical (unpaired) electrons. The zero-order valence-electron chi connectivity index (χ0n) is 9.54. The lowest BCUT2D eigenvalue weighted by Gasteiger charge is -2.23. The molecule has 3 heterocycles. The first kappa shape index (κ1) is 12.7. The van der Waals surface area contributed by atoms with Crippen molar-refractivity contribution in [3.8, 4) is 0 Å². The normalized spacial score (nSPS) is 38.1. The summed E-state index contributed by atoms with van der Waals surface area (Å²) < 4.78 is 27.4. The molecule has 2 aliphatic heterocycles. The summed E-state index contributed by atoms with van der Waals surface area (Å²) in [6, 6.07) is 1.41. The average Bonchev–Trinajstić information content (AvgIpc) is 2.67. The van der Waals surface area contributed by atoms with Gasteiger partial charge in [-0.3, -0.25) is 12.9 Å². The fraction of sp³-hybridized carbons (Fsp3) is 0.556. The highest BCUT2D eigenvalue weighted by Crippen LogP contribution is 2.33. The highest BCUT2D eigenvalue weighted by molar-refractivity contribution is 7.75. The number of aliphatic hydroxyl groups excluding tert-OH is 1. The largest absolute Gasteiger partial charge is 0.386 e. The van der Waals surface area contributed by atoms with E-state index in [1.54, 1.807) is 0 Å². The first-order valence-corrected chi connectivity index (χ1v) is 6.46. The Kier molecular flexibility index (Phi) is 3.11.